The largest absolute Gasteiger partial charge is 0.394 e. The summed E-state index contributed by atoms with van der Waals surface area (Å²) >= 11 is 6.33. The summed E-state index contributed by atoms with van der Waals surface area (Å²) in [5.41, 5.74) is 0.785. The lowest BCUT2D eigenvalue weighted by Gasteiger charge is -2.48. The van der Waals surface area contributed by atoms with Gasteiger partial charge in [0, 0.05) is 30.0 Å². The lowest BCUT2D eigenvalue weighted by atomic mass is 9.62. The van der Waals surface area contributed by atoms with Gasteiger partial charge in [0.15, 0.2) is 0 Å². The molecule has 4 aliphatic rings. The van der Waals surface area contributed by atoms with Crippen LogP contribution in [0.25, 0.3) is 0 Å². The maximum absolute atomic E-state index is 13.2. The monoisotopic (exact) mass is 349 g/mol. The number of halogens is 1. The van der Waals surface area contributed by atoms with Crippen LogP contribution >= 0.6 is 11.6 Å². The first-order valence-corrected chi connectivity index (χ1v) is 9.08. The van der Waals surface area contributed by atoms with E-state index in [2.05, 4.69) is 0 Å². The van der Waals surface area contributed by atoms with E-state index in [-0.39, 0.29) is 35.3 Å². The molecule has 2 bridgehead atoms. The SMILES string of the molecule is COCC12CN(C(=O)C3CCC3c3ccccc3Cl)C(CO)(C1)C2. The number of methoxy groups -OCH3 is 1. The Morgan fingerprint density at radius 2 is 2.12 bits per heavy atom. The quantitative estimate of drug-likeness (QED) is 0.889. The van der Waals surface area contributed by atoms with Gasteiger partial charge in [-0.25, -0.2) is 0 Å². The number of carbonyl (C=O) groups excluding carboxylic acids is 1. The minimum absolute atomic E-state index is 0.00716. The maximum Gasteiger partial charge on any atom is 0.226 e. The fraction of sp³-hybridized carbons (Fsp3) is 0.632. The summed E-state index contributed by atoms with van der Waals surface area (Å²) in [5.74, 6) is 0.390. The molecule has 0 radical (unpaired) electrons. The first-order valence-electron chi connectivity index (χ1n) is 8.70. The second kappa shape index (κ2) is 5.72. The molecular formula is C19H24ClNO3. The Kier molecular flexibility index (Phi) is 3.90. The van der Waals surface area contributed by atoms with Gasteiger partial charge in [-0.3, -0.25) is 4.79 Å². The number of carbonyl (C=O) groups is 1. The van der Waals surface area contributed by atoms with E-state index in [0.717, 1.165) is 36.3 Å². The molecule has 0 aromatic heterocycles. The van der Waals surface area contributed by atoms with Gasteiger partial charge in [-0.1, -0.05) is 29.8 Å². The van der Waals surface area contributed by atoms with Crippen LogP contribution in [0.4, 0.5) is 0 Å². The lowest BCUT2D eigenvalue weighted by molar-refractivity contribution is -0.145. The van der Waals surface area contributed by atoms with Gasteiger partial charge in [-0.05, 0) is 43.2 Å². The average Bonchev–Trinajstić information content (AvgIpc) is 2.99. The summed E-state index contributed by atoms with van der Waals surface area (Å²) in [6, 6.07) is 7.83. The maximum atomic E-state index is 13.2. The van der Waals surface area contributed by atoms with Crippen LogP contribution in [0.1, 0.15) is 37.2 Å². The molecular weight excluding hydrogens is 326 g/mol. The number of fused-ring (bicyclic) bond motifs is 1. The normalized spacial score (nSPS) is 37.0. The summed E-state index contributed by atoms with van der Waals surface area (Å²) in [7, 11) is 1.71. The predicted octanol–water partition coefficient (Wildman–Crippen LogP) is 2.83. The molecule has 2 aliphatic heterocycles. The van der Waals surface area contributed by atoms with Gasteiger partial charge < -0.3 is 14.7 Å². The van der Waals surface area contributed by atoms with Gasteiger partial charge in [0.05, 0.1) is 18.8 Å². The van der Waals surface area contributed by atoms with E-state index in [0.29, 0.717) is 13.2 Å². The van der Waals surface area contributed by atoms with Crippen molar-refractivity contribution in [3.05, 3.63) is 34.9 Å². The van der Waals surface area contributed by atoms with E-state index < -0.39 is 0 Å². The Hall–Kier alpha value is -1.10. The van der Waals surface area contributed by atoms with Crippen molar-refractivity contribution in [1.29, 1.82) is 0 Å². The van der Waals surface area contributed by atoms with Crippen LogP contribution in [0.3, 0.4) is 0 Å². The van der Waals surface area contributed by atoms with E-state index in [1.165, 1.54) is 0 Å². The number of rotatable bonds is 5. The zero-order valence-electron chi connectivity index (χ0n) is 14.0. The highest BCUT2D eigenvalue weighted by molar-refractivity contribution is 6.31. The topological polar surface area (TPSA) is 49.8 Å². The van der Waals surface area contributed by atoms with Gasteiger partial charge in [0.2, 0.25) is 5.91 Å². The summed E-state index contributed by atoms with van der Waals surface area (Å²) < 4.78 is 5.35. The van der Waals surface area contributed by atoms with Gasteiger partial charge >= 0.3 is 0 Å². The van der Waals surface area contributed by atoms with Crippen molar-refractivity contribution in [1.82, 2.24) is 4.90 Å². The van der Waals surface area contributed by atoms with Crippen LogP contribution < -0.4 is 0 Å². The van der Waals surface area contributed by atoms with Crippen LogP contribution in [0, 0.1) is 11.3 Å². The molecule has 2 saturated heterocycles. The standard InChI is InChI=1S/C19H24ClNO3/c1-24-12-18-8-19(9-18,11-22)21(10-18)17(23)15-7-6-13(15)14-4-2-3-5-16(14)20/h2-5,13,15,22H,6-12H2,1H3. The number of aliphatic hydroxyl groups is 1. The Bertz CT molecular complexity index is 656. The third-order valence-corrected chi connectivity index (χ3v) is 6.73. The Morgan fingerprint density at radius 1 is 1.38 bits per heavy atom. The van der Waals surface area contributed by atoms with E-state index >= 15 is 0 Å². The first kappa shape index (κ1) is 16.4. The second-order valence-electron chi connectivity index (χ2n) is 7.91. The molecule has 5 heteroatoms. The molecule has 0 spiro atoms. The smallest absolute Gasteiger partial charge is 0.226 e. The van der Waals surface area contributed by atoms with Crippen molar-refractivity contribution in [2.24, 2.45) is 11.3 Å². The highest BCUT2D eigenvalue weighted by atomic mass is 35.5. The van der Waals surface area contributed by atoms with Crippen molar-refractivity contribution >= 4 is 17.5 Å². The summed E-state index contributed by atoms with van der Waals surface area (Å²) in [6.07, 6.45) is 3.63. The van der Waals surface area contributed by atoms with Gasteiger partial charge in [-0.15, -0.1) is 0 Å². The second-order valence-corrected chi connectivity index (χ2v) is 8.31. The molecule has 1 aromatic carbocycles. The molecule has 1 amide bonds. The van der Waals surface area contributed by atoms with Gasteiger partial charge in [0.1, 0.15) is 0 Å². The Morgan fingerprint density at radius 3 is 2.71 bits per heavy atom. The number of nitrogens with zero attached hydrogens (tertiary/aromatic N) is 1. The molecule has 1 aromatic rings. The Labute approximate surface area is 147 Å². The number of aliphatic hydroxyl groups excluding tert-OH is 1. The van der Waals surface area contributed by atoms with E-state index in [9.17, 15) is 9.90 Å². The molecule has 130 valence electrons. The van der Waals surface area contributed by atoms with Gasteiger partial charge in [0.25, 0.3) is 0 Å². The molecule has 4 fully saturated rings. The molecule has 2 aliphatic carbocycles. The molecule has 4 nitrogen and oxygen atoms in total. The fourth-order valence-corrected chi connectivity index (χ4v) is 5.53. The number of amides is 1. The van der Waals surface area contributed by atoms with Crippen molar-refractivity contribution in [3.63, 3.8) is 0 Å². The zero-order valence-corrected chi connectivity index (χ0v) is 14.8. The summed E-state index contributed by atoms with van der Waals surface area (Å²) in [5, 5.41) is 10.7. The van der Waals surface area contributed by atoms with Crippen LogP contribution in [0.15, 0.2) is 24.3 Å². The first-order chi connectivity index (χ1) is 11.5. The highest BCUT2D eigenvalue weighted by Crippen LogP contribution is 2.60. The molecule has 2 atom stereocenters. The molecule has 24 heavy (non-hydrogen) atoms. The van der Waals surface area contributed by atoms with E-state index in [4.69, 9.17) is 16.3 Å². The minimum atomic E-state index is -0.351. The third-order valence-electron chi connectivity index (χ3n) is 6.38. The molecule has 2 unspecified atom stereocenters. The molecule has 2 saturated carbocycles. The molecule has 2 heterocycles. The fourth-order valence-electron chi connectivity index (χ4n) is 5.26. The number of ether oxygens (including phenoxy) is 1. The van der Waals surface area contributed by atoms with Crippen LogP contribution in [-0.4, -0.2) is 48.3 Å². The summed E-state index contributed by atoms with van der Waals surface area (Å²) in [6.45, 7) is 1.43. The number of hydrogen-bond acceptors (Lipinski definition) is 3. The molecule has 1 N–H and O–H groups in total. The van der Waals surface area contributed by atoms with Crippen LogP contribution in [0.5, 0.6) is 0 Å². The lowest BCUT2D eigenvalue weighted by Crippen LogP contribution is -2.56. The van der Waals surface area contributed by atoms with Crippen LogP contribution in [0.2, 0.25) is 5.02 Å². The zero-order chi connectivity index (χ0) is 16.9. The van der Waals surface area contributed by atoms with Crippen LogP contribution in [-0.2, 0) is 9.53 Å². The van der Waals surface area contributed by atoms with Crippen molar-refractivity contribution < 1.29 is 14.6 Å². The van der Waals surface area contributed by atoms with Crippen molar-refractivity contribution in [2.75, 3.05) is 26.9 Å². The molecule has 5 rings (SSSR count). The predicted molar refractivity (Wildman–Crippen MR) is 92.0 cm³/mol. The third kappa shape index (κ3) is 2.23. The summed E-state index contributed by atoms with van der Waals surface area (Å²) in [4.78, 5) is 15.2. The highest BCUT2D eigenvalue weighted by Gasteiger charge is 2.67. The average molecular weight is 350 g/mol. The van der Waals surface area contributed by atoms with Gasteiger partial charge in [-0.2, -0.15) is 0 Å². The Balaban J connectivity index is 1.53. The number of benzene rings is 1. The minimum Gasteiger partial charge on any atom is -0.394 e. The number of hydrogen-bond donors (Lipinski definition) is 1. The van der Waals surface area contributed by atoms with E-state index in [1.807, 2.05) is 29.2 Å². The van der Waals surface area contributed by atoms with E-state index in [1.54, 1.807) is 7.11 Å². The van der Waals surface area contributed by atoms with Crippen molar-refractivity contribution in [2.45, 2.75) is 37.1 Å². The van der Waals surface area contributed by atoms with Crippen molar-refractivity contribution in [3.8, 4) is 0 Å².